The summed E-state index contributed by atoms with van der Waals surface area (Å²) in [6.45, 7) is 7.26. The van der Waals surface area contributed by atoms with Gasteiger partial charge in [0.05, 0.1) is 39.0 Å². The summed E-state index contributed by atoms with van der Waals surface area (Å²) in [5.41, 5.74) is -2.72. The van der Waals surface area contributed by atoms with Crippen molar-refractivity contribution in [1.29, 1.82) is 5.26 Å². The Balaban J connectivity index is 1.23. The van der Waals surface area contributed by atoms with Gasteiger partial charge in [-0.1, -0.05) is 82.3 Å². The molecule has 2 fully saturated rings. The number of hydrogen-bond donors (Lipinski definition) is 2. The van der Waals surface area contributed by atoms with Crippen LogP contribution in [-0.2, 0) is 33.9 Å². The summed E-state index contributed by atoms with van der Waals surface area (Å²) in [6, 6.07) is 28.0. The molecule has 0 unspecified atom stereocenters. The zero-order valence-electron chi connectivity index (χ0n) is 40.8. The number of aromatic nitrogens is 4. The van der Waals surface area contributed by atoms with Crippen LogP contribution in [-0.4, -0.2) is 113 Å². The van der Waals surface area contributed by atoms with E-state index in [2.05, 4.69) is 16.0 Å². The Kier molecular flexibility index (Phi) is 17.2. The van der Waals surface area contributed by atoms with Crippen molar-refractivity contribution in [2.75, 3.05) is 41.1 Å². The molecule has 5 aromatic rings. The summed E-state index contributed by atoms with van der Waals surface area (Å²) in [5, 5.41) is 9.80. The molecule has 4 heterocycles. The summed E-state index contributed by atoms with van der Waals surface area (Å²) in [4.78, 5) is 55.1. The highest BCUT2D eigenvalue weighted by Gasteiger charge is 2.54. The number of methoxy groups -OCH3 is 3. The third-order valence-electron chi connectivity index (χ3n) is 13.4. The van der Waals surface area contributed by atoms with E-state index in [1.807, 2.05) is 111 Å². The molecule has 8 atom stereocenters. The first kappa shape index (κ1) is 52.8. The van der Waals surface area contributed by atoms with Gasteiger partial charge in [-0.2, -0.15) is 5.26 Å². The van der Waals surface area contributed by atoms with Crippen LogP contribution in [0.3, 0.4) is 0 Å². The predicted molar refractivity (Wildman–Crippen MR) is 262 cm³/mol. The van der Waals surface area contributed by atoms with Crippen LogP contribution in [0.4, 0.5) is 4.39 Å². The molecule has 0 bridgehead atoms. The summed E-state index contributed by atoms with van der Waals surface area (Å²) < 4.78 is 80.1. The van der Waals surface area contributed by atoms with Gasteiger partial charge in [0, 0.05) is 62.5 Å². The molecule has 7 rings (SSSR count). The van der Waals surface area contributed by atoms with Crippen molar-refractivity contribution in [3.8, 4) is 17.6 Å². The number of nitrogens with zero attached hydrogens (tertiary/aromatic N) is 4. The number of nitrogens with one attached hydrogen (secondary N) is 2. The third kappa shape index (κ3) is 10.8. The average molecular weight is 1000 g/mol. The molecule has 0 radical (unpaired) electrons. The lowest BCUT2D eigenvalue weighted by Crippen LogP contribution is -2.49. The predicted octanol–water partition coefficient (Wildman–Crippen LogP) is 6.11. The summed E-state index contributed by atoms with van der Waals surface area (Å²) >= 11 is 0. The van der Waals surface area contributed by atoms with Crippen LogP contribution >= 0.6 is 7.29 Å². The minimum Gasteiger partial charge on any atom is -0.497 e. The molecular weight excluding hydrogens is 939 g/mol. The molecule has 18 nitrogen and oxygen atoms in total. The van der Waals surface area contributed by atoms with Crippen molar-refractivity contribution in [2.45, 2.75) is 113 Å². The second-order valence-electron chi connectivity index (χ2n) is 18.0. The Morgan fingerprint density at radius 3 is 1.76 bits per heavy atom. The van der Waals surface area contributed by atoms with Gasteiger partial charge >= 0.3 is 11.4 Å². The molecule has 2 N–H and O–H groups in total. The van der Waals surface area contributed by atoms with Crippen LogP contribution in [0.5, 0.6) is 11.5 Å². The van der Waals surface area contributed by atoms with Crippen molar-refractivity contribution < 1.29 is 42.1 Å². The van der Waals surface area contributed by atoms with Gasteiger partial charge in [0.15, 0.2) is 25.9 Å². The Morgan fingerprint density at radius 1 is 0.746 bits per heavy atom. The summed E-state index contributed by atoms with van der Waals surface area (Å²) in [5.74, 6) is 1.23. The van der Waals surface area contributed by atoms with E-state index in [1.165, 1.54) is 30.1 Å². The number of H-pyrrole nitrogens is 2. The van der Waals surface area contributed by atoms with Gasteiger partial charge in [-0.3, -0.25) is 28.7 Å². The fraction of sp³-hybridized carbons (Fsp3) is 0.471. The van der Waals surface area contributed by atoms with E-state index in [-0.39, 0.29) is 50.3 Å². The molecule has 2 saturated heterocycles. The van der Waals surface area contributed by atoms with Crippen LogP contribution in [0.15, 0.2) is 123 Å². The number of aromatic amines is 2. The summed E-state index contributed by atoms with van der Waals surface area (Å²) in [6.07, 6.45) is -5.70. The van der Waals surface area contributed by atoms with Gasteiger partial charge in [-0.15, -0.1) is 0 Å². The van der Waals surface area contributed by atoms with Crippen molar-refractivity contribution in [3.63, 3.8) is 0 Å². The van der Waals surface area contributed by atoms with Crippen LogP contribution in [0.1, 0.15) is 76.1 Å². The molecule has 0 aliphatic carbocycles. The first-order valence-electron chi connectivity index (χ1n) is 23.6. The van der Waals surface area contributed by atoms with E-state index in [0.717, 1.165) is 16.2 Å². The Hall–Kier alpha value is -5.97. The maximum atomic E-state index is 17.2. The van der Waals surface area contributed by atoms with E-state index in [9.17, 15) is 24.4 Å². The fourth-order valence-electron chi connectivity index (χ4n) is 9.96. The zero-order chi connectivity index (χ0) is 51.0. The standard InChI is InChI=1S/C51H62FN6O12P/c1-32(2)71(63,33(3)4)58(27-12-26-53)44-39(69-48(46(44)66-7)57-29-25-42(60)55-50(57)62)15-11-30-67-45-40(70-47(43(45)52)56-28-24-41(59)54-49(56)61)31-68-51(34-13-9-8-10-14-34,35-16-20-37(64-5)21-17-35)36-18-22-38(65-6)23-19-36/h8-10,13-14,16-25,28-29,32-33,39-40,43-48H,11-12,15,27,30-31H2,1-7H3,(H,54,59,61)(H,55,60,62)/t39-,40-,43-,44-,45-,46-,47-,48-/m1/s1. The molecule has 2 aromatic heterocycles. The van der Waals surface area contributed by atoms with Crippen molar-refractivity contribution in [1.82, 2.24) is 23.8 Å². The molecule has 0 spiro atoms. The minimum atomic E-state index is -3.29. The van der Waals surface area contributed by atoms with Gasteiger partial charge in [0.25, 0.3) is 11.1 Å². The van der Waals surface area contributed by atoms with E-state index >= 15 is 8.96 Å². The molecule has 380 valence electrons. The SMILES string of the molecule is COc1ccc(C(OC[C@H]2O[C@@H](n3ccc(=O)[nH]c3=O)[C@H](F)[C@@H]2OCCC[C@H]2O[C@@H](n3ccc(=O)[nH]c3=O)[C@H](OC)[C@@H]2N(CCC#N)P(=O)(C(C)C)C(C)C)(c2ccccc2)c2ccc(OC)cc2)cc1. The lowest BCUT2D eigenvalue weighted by atomic mass is 9.80. The topological polar surface area (TPSA) is 218 Å². The second kappa shape index (κ2) is 23.1. The van der Waals surface area contributed by atoms with E-state index in [4.69, 9.17) is 33.2 Å². The molecule has 20 heteroatoms. The number of alkyl halides is 1. The molecule has 2 aliphatic heterocycles. The highest BCUT2D eigenvalue weighted by atomic mass is 31.2. The minimum absolute atomic E-state index is 0.0422. The molecule has 71 heavy (non-hydrogen) atoms. The summed E-state index contributed by atoms with van der Waals surface area (Å²) in [7, 11) is 1.31. The van der Waals surface area contributed by atoms with Gasteiger partial charge in [-0.25, -0.2) is 18.6 Å². The third-order valence-corrected chi connectivity index (χ3v) is 17.6. The first-order chi connectivity index (χ1) is 34.1. The lowest BCUT2D eigenvalue weighted by molar-refractivity contribution is -0.105. The van der Waals surface area contributed by atoms with Crippen LogP contribution in [0, 0.1) is 11.3 Å². The quantitative estimate of drug-likeness (QED) is 0.0455. The van der Waals surface area contributed by atoms with Crippen molar-refractivity contribution in [2.24, 2.45) is 0 Å². The number of rotatable bonds is 22. The van der Waals surface area contributed by atoms with E-state index in [0.29, 0.717) is 22.6 Å². The molecular formula is C51H62FN6O12P. The smallest absolute Gasteiger partial charge is 0.330 e. The molecule has 0 amide bonds. The zero-order valence-corrected chi connectivity index (χ0v) is 41.7. The number of halogens is 1. The van der Waals surface area contributed by atoms with Gasteiger partial charge in [-0.05, 0) is 53.8 Å². The van der Waals surface area contributed by atoms with Crippen LogP contribution < -0.4 is 32.0 Å². The maximum Gasteiger partial charge on any atom is 0.330 e. The Labute approximate surface area is 410 Å². The van der Waals surface area contributed by atoms with Crippen LogP contribution in [0.2, 0.25) is 0 Å². The number of benzene rings is 3. The van der Waals surface area contributed by atoms with Gasteiger partial charge in [0.1, 0.15) is 35.4 Å². The molecule has 0 saturated carbocycles. The largest absolute Gasteiger partial charge is 0.497 e. The Bertz CT molecular complexity index is 2830. The second-order valence-corrected chi connectivity index (χ2v) is 21.9. The highest BCUT2D eigenvalue weighted by molar-refractivity contribution is 7.62. The van der Waals surface area contributed by atoms with E-state index in [1.54, 1.807) is 14.2 Å². The fourth-order valence-corrected chi connectivity index (χ4v) is 13.4. The molecule has 2 aliphatic rings. The molecule has 3 aromatic carbocycles. The van der Waals surface area contributed by atoms with Crippen LogP contribution in [0.25, 0.3) is 0 Å². The van der Waals surface area contributed by atoms with E-state index < -0.39 is 84.5 Å². The number of hydrogen-bond acceptors (Lipinski definition) is 13. The maximum absolute atomic E-state index is 17.2. The van der Waals surface area contributed by atoms with Gasteiger partial charge < -0.3 is 37.7 Å². The van der Waals surface area contributed by atoms with Crippen molar-refractivity contribution in [3.05, 3.63) is 162 Å². The lowest BCUT2D eigenvalue weighted by Gasteiger charge is -2.43. The number of ether oxygens (including phenoxy) is 7. The Morgan fingerprint density at radius 2 is 1.27 bits per heavy atom. The average Bonchev–Trinajstić information content (AvgIpc) is 3.88. The van der Waals surface area contributed by atoms with Crippen molar-refractivity contribution >= 4 is 7.29 Å². The first-order valence-corrected chi connectivity index (χ1v) is 25.4. The number of nitriles is 1. The monoisotopic (exact) mass is 1000 g/mol. The normalized spacial score (nSPS) is 22.6. The highest BCUT2D eigenvalue weighted by Crippen LogP contribution is 2.61. The van der Waals surface area contributed by atoms with Gasteiger partial charge in [0.2, 0.25) is 0 Å².